The average Bonchev–Trinajstić information content (AvgIpc) is 3.28. The van der Waals surface area contributed by atoms with Gasteiger partial charge in [0.25, 0.3) is 0 Å². The Hall–Kier alpha value is -2.64. The molecule has 1 aromatic carbocycles. The van der Waals surface area contributed by atoms with Gasteiger partial charge in [-0.1, -0.05) is 30.3 Å². The third-order valence-electron chi connectivity index (χ3n) is 4.15. The molecule has 1 aliphatic rings. The summed E-state index contributed by atoms with van der Waals surface area (Å²) in [6, 6.07) is 12.4. The molecule has 1 saturated heterocycles. The van der Waals surface area contributed by atoms with E-state index >= 15 is 0 Å². The van der Waals surface area contributed by atoms with E-state index in [9.17, 15) is 9.59 Å². The van der Waals surface area contributed by atoms with Gasteiger partial charge < -0.3 is 13.9 Å². The Morgan fingerprint density at radius 2 is 1.76 bits per heavy atom. The number of nitrogens with zero attached hydrogens (tertiary/aromatic N) is 1. The van der Waals surface area contributed by atoms with Crippen LogP contribution in [0.15, 0.2) is 53.1 Å². The lowest BCUT2D eigenvalue weighted by molar-refractivity contribution is -0.194. The Kier molecular flexibility index (Phi) is 5.16. The number of hydroxylamine groups is 2. The topological polar surface area (TPSA) is 78.2 Å². The van der Waals surface area contributed by atoms with Gasteiger partial charge in [-0.3, -0.25) is 9.63 Å². The maximum absolute atomic E-state index is 12.4. The second-order valence-corrected chi connectivity index (χ2v) is 5.62. The first kappa shape index (κ1) is 17.2. The predicted molar refractivity (Wildman–Crippen MR) is 85.8 cm³/mol. The molecule has 132 valence electrons. The Balaban J connectivity index is 1.97. The minimum absolute atomic E-state index is 0.368. The first-order valence-electron chi connectivity index (χ1n) is 7.82. The molecule has 3 atom stereocenters. The molecule has 0 saturated carbocycles. The van der Waals surface area contributed by atoms with Crippen LogP contribution in [0.25, 0.3) is 0 Å². The fourth-order valence-electron chi connectivity index (χ4n) is 2.99. The zero-order chi connectivity index (χ0) is 17.8. The van der Waals surface area contributed by atoms with Gasteiger partial charge in [0.2, 0.25) is 0 Å². The molecule has 1 fully saturated rings. The second kappa shape index (κ2) is 7.50. The van der Waals surface area contributed by atoms with Crippen molar-refractivity contribution in [1.29, 1.82) is 0 Å². The number of hydrogen-bond donors (Lipinski definition) is 0. The van der Waals surface area contributed by atoms with Crippen molar-refractivity contribution in [3.05, 3.63) is 60.1 Å². The molecule has 0 spiro atoms. The molecule has 2 aromatic rings. The van der Waals surface area contributed by atoms with Crippen LogP contribution in [0.3, 0.4) is 0 Å². The zero-order valence-corrected chi connectivity index (χ0v) is 14.0. The number of carbonyl (C=O) groups is 2. The van der Waals surface area contributed by atoms with Crippen LogP contribution in [0.5, 0.6) is 0 Å². The largest absolute Gasteiger partial charge is 0.469 e. The lowest BCUT2D eigenvalue weighted by Gasteiger charge is -2.22. The summed E-state index contributed by atoms with van der Waals surface area (Å²) in [6.45, 7) is 0.368. The molecule has 3 rings (SSSR count). The summed E-state index contributed by atoms with van der Waals surface area (Å²) in [6.07, 6.45) is 0.409. The van der Waals surface area contributed by atoms with Crippen LogP contribution in [-0.4, -0.2) is 37.3 Å². The average molecular weight is 345 g/mol. The molecule has 0 bridgehead atoms. The Bertz CT molecular complexity index is 714. The van der Waals surface area contributed by atoms with E-state index < -0.39 is 30.0 Å². The summed E-state index contributed by atoms with van der Waals surface area (Å²) >= 11 is 0. The molecule has 0 amide bonds. The third-order valence-corrected chi connectivity index (χ3v) is 4.15. The molecular weight excluding hydrogens is 326 g/mol. The van der Waals surface area contributed by atoms with Gasteiger partial charge in [-0.2, -0.15) is 5.06 Å². The molecule has 0 radical (unpaired) electrons. The van der Waals surface area contributed by atoms with Crippen LogP contribution in [0, 0.1) is 5.92 Å². The lowest BCUT2D eigenvalue weighted by Crippen LogP contribution is -2.35. The van der Waals surface area contributed by atoms with Crippen molar-refractivity contribution in [3.8, 4) is 0 Å². The SMILES string of the molecule is COC(=O)[C@@H]1[C@@H](C(=O)OC)ON(Cc2ccccc2)[C@H]1c1ccco1. The van der Waals surface area contributed by atoms with Crippen LogP contribution in [0.4, 0.5) is 0 Å². The van der Waals surface area contributed by atoms with Crippen LogP contribution in [-0.2, 0) is 30.4 Å². The Morgan fingerprint density at radius 3 is 2.36 bits per heavy atom. The molecular formula is C18H19NO6. The van der Waals surface area contributed by atoms with Gasteiger partial charge in [0, 0.05) is 6.54 Å². The quantitative estimate of drug-likeness (QED) is 0.768. The smallest absolute Gasteiger partial charge is 0.338 e. The molecule has 1 aliphatic heterocycles. The molecule has 7 nitrogen and oxygen atoms in total. The van der Waals surface area contributed by atoms with Crippen LogP contribution >= 0.6 is 0 Å². The maximum Gasteiger partial charge on any atom is 0.338 e. The van der Waals surface area contributed by atoms with E-state index in [4.69, 9.17) is 18.7 Å². The van der Waals surface area contributed by atoms with Gasteiger partial charge in [0.15, 0.2) is 6.10 Å². The number of methoxy groups -OCH3 is 2. The van der Waals surface area contributed by atoms with Crippen molar-refractivity contribution >= 4 is 11.9 Å². The van der Waals surface area contributed by atoms with E-state index in [0.29, 0.717) is 12.3 Å². The molecule has 2 heterocycles. The first-order chi connectivity index (χ1) is 12.2. The highest BCUT2D eigenvalue weighted by atomic mass is 16.7. The zero-order valence-electron chi connectivity index (χ0n) is 14.0. The van der Waals surface area contributed by atoms with Gasteiger partial charge in [0.1, 0.15) is 17.7 Å². The lowest BCUT2D eigenvalue weighted by atomic mass is 9.92. The van der Waals surface area contributed by atoms with Crippen molar-refractivity contribution in [3.63, 3.8) is 0 Å². The maximum atomic E-state index is 12.4. The third kappa shape index (κ3) is 3.42. The number of benzene rings is 1. The van der Waals surface area contributed by atoms with Gasteiger partial charge in [-0.05, 0) is 17.7 Å². The van der Waals surface area contributed by atoms with Gasteiger partial charge in [-0.15, -0.1) is 0 Å². The summed E-state index contributed by atoms with van der Waals surface area (Å²) < 4.78 is 15.2. The molecule has 7 heteroatoms. The first-order valence-corrected chi connectivity index (χ1v) is 7.82. The summed E-state index contributed by atoms with van der Waals surface area (Å²) in [5, 5.41) is 1.57. The minimum Gasteiger partial charge on any atom is -0.469 e. The highest BCUT2D eigenvalue weighted by Crippen LogP contribution is 2.41. The standard InChI is InChI=1S/C18H19NO6/c1-22-17(20)14-15(13-9-6-10-24-13)19(25-16(14)18(21)23-2)11-12-7-4-3-5-8-12/h3-10,14-16H,11H2,1-2H3/t14-,15-,16-/m0/s1. The Morgan fingerprint density at radius 1 is 1.04 bits per heavy atom. The fourth-order valence-corrected chi connectivity index (χ4v) is 2.99. The van der Waals surface area contributed by atoms with Gasteiger partial charge >= 0.3 is 11.9 Å². The monoisotopic (exact) mass is 345 g/mol. The number of furan rings is 1. The van der Waals surface area contributed by atoms with Crippen molar-refractivity contribution in [2.24, 2.45) is 5.92 Å². The second-order valence-electron chi connectivity index (χ2n) is 5.62. The summed E-state index contributed by atoms with van der Waals surface area (Å²) in [4.78, 5) is 30.3. The van der Waals surface area contributed by atoms with Gasteiger partial charge in [0.05, 0.1) is 20.5 Å². The van der Waals surface area contributed by atoms with E-state index in [1.165, 1.54) is 20.5 Å². The number of hydrogen-bond acceptors (Lipinski definition) is 7. The van der Waals surface area contributed by atoms with Crippen molar-refractivity contribution < 1.29 is 28.3 Å². The van der Waals surface area contributed by atoms with Crippen LogP contribution in [0.1, 0.15) is 17.4 Å². The van der Waals surface area contributed by atoms with Crippen molar-refractivity contribution in [1.82, 2.24) is 5.06 Å². The number of ether oxygens (including phenoxy) is 2. The van der Waals surface area contributed by atoms with Crippen molar-refractivity contribution in [2.75, 3.05) is 14.2 Å². The highest BCUT2D eigenvalue weighted by molar-refractivity contribution is 5.85. The van der Waals surface area contributed by atoms with E-state index in [-0.39, 0.29) is 0 Å². The summed E-state index contributed by atoms with van der Waals surface area (Å²) in [5.74, 6) is -1.58. The van der Waals surface area contributed by atoms with Gasteiger partial charge in [-0.25, -0.2) is 4.79 Å². The molecule has 0 unspecified atom stereocenters. The number of carbonyl (C=O) groups excluding carboxylic acids is 2. The van der Waals surface area contributed by atoms with E-state index in [1.54, 1.807) is 17.2 Å². The highest BCUT2D eigenvalue weighted by Gasteiger charge is 2.53. The van der Waals surface area contributed by atoms with Crippen molar-refractivity contribution in [2.45, 2.75) is 18.7 Å². The number of esters is 2. The van der Waals surface area contributed by atoms with Crippen LogP contribution in [0.2, 0.25) is 0 Å². The molecule has 0 aliphatic carbocycles. The van der Waals surface area contributed by atoms with E-state index in [1.807, 2.05) is 30.3 Å². The normalized spacial score (nSPS) is 23.4. The molecule has 0 N–H and O–H groups in total. The number of rotatable bonds is 5. The van der Waals surface area contributed by atoms with Crippen LogP contribution < -0.4 is 0 Å². The summed E-state index contributed by atoms with van der Waals surface area (Å²) in [5.41, 5.74) is 0.966. The summed E-state index contributed by atoms with van der Waals surface area (Å²) in [7, 11) is 2.53. The Labute approximate surface area is 145 Å². The predicted octanol–water partition coefficient (Wildman–Crippen LogP) is 2.10. The molecule has 25 heavy (non-hydrogen) atoms. The molecule has 1 aromatic heterocycles. The van der Waals surface area contributed by atoms with E-state index in [0.717, 1.165) is 5.56 Å². The van der Waals surface area contributed by atoms with E-state index in [2.05, 4.69) is 0 Å². The minimum atomic E-state index is -1.10. The fraction of sp³-hybridized carbons (Fsp3) is 0.333.